The summed E-state index contributed by atoms with van der Waals surface area (Å²) >= 11 is 12.0. The van der Waals surface area contributed by atoms with Crippen LogP contribution in [0, 0.1) is 5.41 Å². The van der Waals surface area contributed by atoms with Crippen LogP contribution in [-0.2, 0) is 0 Å². The molecule has 0 aliphatic heterocycles. The van der Waals surface area contributed by atoms with Crippen LogP contribution in [0.4, 0.5) is 0 Å². The Hall–Kier alpha value is -0.440. The Morgan fingerprint density at radius 1 is 1.24 bits per heavy atom. The average molecular weight is 276 g/mol. The lowest BCUT2D eigenvalue weighted by atomic mass is 9.85. The first kappa shape index (κ1) is 14.6. The molecular weight excluding hydrogens is 257 g/mol. The van der Waals surface area contributed by atoms with Gasteiger partial charge < -0.3 is 10.5 Å². The van der Waals surface area contributed by atoms with Crippen molar-refractivity contribution in [2.75, 3.05) is 0 Å². The van der Waals surface area contributed by atoms with E-state index in [-0.39, 0.29) is 17.6 Å². The number of rotatable bonds is 3. The molecule has 1 aromatic rings. The summed E-state index contributed by atoms with van der Waals surface area (Å²) in [5.74, 6) is 0.580. The first-order chi connectivity index (χ1) is 7.71. The lowest BCUT2D eigenvalue weighted by Gasteiger charge is -2.34. The molecule has 0 bridgehead atoms. The molecular formula is C13H19Cl2NO. The molecule has 0 fully saturated rings. The molecule has 2 atom stereocenters. The molecule has 4 heteroatoms. The molecule has 0 aliphatic carbocycles. The van der Waals surface area contributed by atoms with E-state index in [2.05, 4.69) is 20.8 Å². The summed E-state index contributed by atoms with van der Waals surface area (Å²) in [5, 5.41) is 1.14. The quantitative estimate of drug-likeness (QED) is 0.900. The lowest BCUT2D eigenvalue weighted by molar-refractivity contribution is 0.0685. The highest BCUT2D eigenvalue weighted by molar-refractivity contribution is 6.34. The number of benzene rings is 1. The molecule has 0 spiro atoms. The number of ether oxygens (including phenoxy) is 1. The molecule has 17 heavy (non-hydrogen) atoms. The van der Waals surface area contributed by atoms with Crippen molar-refractivity contribution in [3.05, 3.63) is 28.2 Å². The zero-order valence-corrected chi connectivity index (χ0v) is 12.1. The van der Waals surface area contributed by atoms with Crippen molar-refractivity contribution >= 4 is 23.2 Å². The van der Waals surface area contributed by atoms with E-state index in [1.54, 1.807) is 18.2 Å². The highest BCUT2D eigenvalue weighted by Gasteiger charge is 2.30. The van der Waals surface area contributed by atoms with Crippen LogP contribution in [-0.4, -0.2) is 12.1 Å². The average Bonchev–Trinajstić information content (AvgIpc) is 2.17. The second-order valence-corrected chi connectivity index (χ2v) is 6.18. The van der Waals surface area contributed by atoms with Crippen LogP contribution in [0.3, 0.4) is 0 Å². The molecule has 0 heterocycles. The van der Waals surface area contributed by atoms with Gasteiger partial charge in [0.05, 0.1) is 5.02 Å². The van der Waals surface area contributed by atoms with Crippen molar-refractivity contribution in [1.29, 1.82) is 0 Å². The van der Waals surface area contributed by atoms with Gasteiger partial charge in [-0.3, -0.25) is 0 Å². The largest absolute Gasteiger partial charge is 0.487 e. The van der Waals surface area contributed by atoms with Crippen molar-refractivity contribution in [2.24, 2.45) is 11.1 Å². The molecule has 1 aromatic carbocycles. The van der Waals surface area contributed by atoms with E-state index in [0.29, 0.717) is 15.8 Å². The monoisotopic (exact) mass is 275 g/mol. The zero-order valence-electron chi connectivity index (χ0n) is 10.6. The van der Waals surface area contributed by atoms with Crippen LogP contribution >= 0.6 is 23.2 Å². The predicted molar refractivity (Wildman–Crippen MR) is 74.0 cm³/mol. The summed E-state index contributed by atoms with van der Waals surface area (Å²) < 4.78 is 5.91. The van der Waals surface area contributed by atoms with E-state index in [1.807, 2.05) is 6.92 Å². The topological polar surface area (TPSA) is 35.2 Å². The fourth-order valence-corrected chi connectivity index (χ4v) is 2.10. The van der Waals surface area contributed by atoms with Gasteiger partial charge in [-0.25, -0.2) is 0 Å². The number of halogens is 2. The standard InChI is InChI=1S/C13H19Cl2NO/c1-8(16)12(13(2,3)4)17-11-7-9(14)5-6-10(11)15/h5-8,12H,16H2,1-4H3. The smallest absolute Gasteiger partial charge is 0.139 e. The maximum atomic E-state index is 6.07. The third kappa shape index (κ3) is 4.06. The Labute approximate surface area is 113 Å². The first-order valence-corrected chi connectivity index (χ1v) is 6.34. The van der Waals surface area contributed by atoms with Crippen LogP contribution in [0.5, 0.6) is 5.75 Å². The molecule has 0 radical (unpaired) electrons. The lowest BCUT2D eigenvalue weighted by Crippen LogP contribution is -2.45. The Morgan fingerprint density at radius 3 is 2.29 bits per heavy atom. The van der Waals surface area contributed by atoms with E-state index in [1.165, 1.54) is 0 Å². The Bertz CT molecular complexity index is 385. The van der Waals surface area contributed by atoms with Gasteiger partial charge in [-0.2, -0.15) is 0 Å². The van der Waals surface area contributed by atoms with Gasteiger partial charge in [-0.1, -0.05) is 44.0 Å². The van der Waals surface area contributed by atoms with Crippen LogP contribution in [0.1, 0.15) is 27.7 Å². The summed E-state index contributed by atoms with van der Waals surface area (Å²) in [5.41, 5.74) is 5.89. The number of hydrogen-bond donors (Lipinski definition) is 1. The summed E-state index contributed by atoms with van der Waals surface area (Å²) in [6, 6.07) is 5.07. The van der Waals surface area contributed by atoms with E-state index in [0.717, 1.165) is 0 Å². The maximum absolute atomic E-state index is 6.07. The van der Waals surface area contributed by atoms with Gasteiger partial charge in [-0.15, -0.1) is 0 Å². The molecule has 0 aliphatic rings. The molecule has 0 saturated heterocycles. The summed E-state index contributed by atoms with van der Waals surface area (Å²) in [6.45, 7) is 8.17. The molecule has 96 valence electrons. The third-order valence-corrected chi connectivity index (χ3v) is 3.03. The van der Waals surface area contributed by atoms with Gasteiger partial charge >= 0.3 is 0 Å². The maximum Gasteiger partial charge on any atom is 0.139 e. The van der Waals surface area contributed by atoms with Crippen molar-refractivity contribution in [2.45, 2.75) is 39.8 Å². The minimum absolute atomic E-state index is 0.0696. The Balaban J connectivity index is 2.98. The molecule has 2 unspecified atom stereocenters. The van der Waals surface area contributed by atoms with Crippen molar-refractivity contribution in [3.8, 4) is 5.75 Å². The number of nitrogens with two attached hydrogens (primary N) is 1. The second kappa shape index (κ2) is 5.47. The highest BCUT2D eigenvalue weighted by atomic mass is 35.5. The molecule has 2 nitrogen and oxygen atoms in total. The fraction of sp³-hybridized carbons (Fsp3) is 0.538. The van der Waals surface area contributed by atoms with Crippen molar-refractivity contribution in [3.63, 3.8) is 0 Å². The molecule has 0 aromatic heterocycles. The van der Waals surface area contributed by atoms with Gasteiger partial charge in [0, 0.05) is 22.5 Å². The van der Waals surface area contributed by atoms with E-state index < -0.39 is 0 Å². The van der Waals surface area contributed by atoms with Crippen LogP contribution in [0.15, 0.2) is 18.2 Å². The molecule has 2 N–H and O–H groups in total. The van der Waals surface area contributed by atoms with Gasteiger partial charge in [0.25, 0.3) is 0 Å². The summed E-state index contributed by atoms with van der Waals surface area (Å²) in [7, 11) is 0. The fourth-order valence-electron chi connectivity index (χ4n) is 1.78. The molecule has 0 saturated carbocycles. The van der Waals surface area contributed by atoms with Crippen molar-refractivity contribution in [1.82, 2.24) is 0 Å². The van der Waals surface area contributed by atoms with Crippen LogP contribution in [0.25, 0.3) is 0 Å². The Morgan fingerprint density at radius 2 is 1.82 bits per heavy atom. The van der Waals surface area contributed by atoms with Gasteiger partial charge in [0.15, 0.2) is 0 Å². The second-order valence-electron chi connectivity index (χ2n) is 5.34. The summed E-state index contributed by atoms with van der Waals surface area (Å²) in [4.78, 5) is 0. The first-order valence-electron chi connectivity index (χ1n) is 5.59. The third-order valence-electron chi connectivity index (χ3n) is 2.48. The van der Waals surface area contributed by atoms with Gasteiger partial charge in [0.1, 0.15) is 11.9 Å². The van der Waals surface area contributed by atoms with E-state index >= 15 is 0 Å². The van der Waals surface area contributed by atoms with Gasteiger partial charge in [-0.05, 0) is 19.1 Å². The zero-order chi connectivity index (χ0) is 13.2. The minimum Gasteiger partial charge on any atom is -0.487 e. The predicted octanol–water partition coefficient (Wildman–Crippen LogP) is 4.13. The van der Waals surface area contributed by atoms with E-state index in [4.69, 9.17) is 33.7 Å². The highest BCUT2D eigenvalue weighted by Crippen LogP contribution is 2.32. The van der Waals surface area contributed by atoms with Crippen LogP contribution < -0.4 is 10.5 Å². The summed E-state index contributed by atoms with van der Waals surface area (Å²) in [6.07, 6.45) is -0.126. The minimum atomic E-state index is -0.126. The van der Waals surface area contributed by atoms with E-state index in [9.17, 15) is 0 Å². The normalized spacial score (nSPS) is 15.5. The van der Waals surface area contributed by atoms with Gasteiger partial charge in [0.2, 0.25) is 0 Å². The number of hydrogen-bond acceptors (Lipinski definition) is 2. The SMILES string of the molecule is CC(N)C(Oc1cc(Cl)ccc1Cl)C(C)(C)C. The van der Waals surface area contributed by atoms with Crippen molar-refractivity contribution < 1.29 is 4.74 Å². The molecule has 0 amide bonds. The molecule has 1 rings (SSSR count). The Kier molecular flexibility index (Phi) is 4.70. The van der Waals surface area contributed by atoms with Crippen LogP contribution in [0.2, 0.25) is 10.0 Å².